The molecule has 0 atom stereocenters. The van der Waals surface area contributed by atoms with Crippen molar-refractivity contribution in [2.24, 2.45) is 0 Å². The van der Waals surface area contributed by atoms with Gasteiger partial charge in [-0.2, -0.15) is 0 Å². The van der Waals surface area contributed by atoms with Crippen LogP contribution >= 0.6 is 34.5 Å². The number of sulfone groups is 1. The maximum Gasteiger partial charge on any atom is 0.174 e. The molecular weight excluding hydrogens is 467 g/mol. The summed E-state index contributed by atoms with van der Waals surface area (Å²) in [4.78, 5) is 13.0. The molecule has 2 rings (SSSR count). The fourth-order valence-corrected chi connectivity index (χ4v) is 4.59. The highest BCUT2D eigenvalue weighted by Gasteiger charge is 2.26. The van der Waals surface area contributed by atoms with Crippen LogP contribution in [0.2, 0.25) is 5.02 Å². The van der Waals surface area contributed by atoms with Gasteiger partial charge in [0.1, 0.15) is 22.2 Å². The fourth-order valence-electron chi connectivity index (χ4n) is 2.64. The van der Waals surface area contributed by atoms with E-state index < -0.39 is 9.84 Å². The lowest BCUT2D eigenvalue weighted by Crippen LogP contribution is -2.18. The van der Waals surface area contributed by atoms with Crippen molar-refractivity contribution in [3.8, 4) is 10.8 Å². The predicted molar refractivity (Wildman–Crippen MR) is 124 cm³/mol. The highest BCUT2D eigenvalue weighted by Crippen LogP contribution is 2.40. The third-order valence-electron chi connectivity index (χ3n) is 4.51. The number of alkyl halides is 1. The van der Waals surface area contributed by atoms with Gasteiger partial charge in [0.15, 0.2) is 10.8 Å². The van der Waals surface area contributed by atoms with Crippen molar-refractivity contribution in [1.29, 1.82) is 0 Å². The lowest BCUT2D eigenvalue weighted by Gasteiger charge is -2.24. The zero-order valence-electron chi connectivity index (χ0n) is 17.2. The number of Topliss-reactive ketones (excluding diaryl/α,β-unsaturated/α-hetero) is 1. The van der Waals surface area contributed by atoms with Crippen LogP contribution in [0.15, 0.2) is 30.3 Å². The summed E-state index contributed by atoms with van der Waals surface area (Å²) in [5, 5.41) is 1.24. The Kier molecular flexibility index (Phi) is 9.03. The van der Waals surface area contributed by atoms with Gasteiger partial charge in [0, 0.05) is 28.8 Å². The molecule has 0 N–H and O–H groups in total. The highest BCUT2D eigenvalue weighted by atomic mass is 35.5. The second-order valence-corrected chi connectivity index (χ2v) is 11.6. The molecule has 0 radical (unpaired) electrons. The molecule has 5 nitrogen and oxygen atoms in total. The molecule has 0 fully saturated rings. The van der Waals surface area contributed by atoms with Gasteiger partial charge < -0.3 is 9.47 Å². The van der Waals surface area contributed by atoms with Crippen molar-refractivity contribution < 1.29 is 22.7 Å². The number of hydrogen-bond acceptors (Lipinski definition) is 6. The van der Waals surface area contributed by atoms with E-state index in [2.05, 4.69) is 13.8 Å². The first-order chi connectivity index (χ1) is 14.0. The molecule has 1 aromatic carbocycles. The zero-order valence-corrected chi connectivity index (χ0v) is 20.4. The van der Waals surface area contributed by atoms with Gasteiger partial charge in [0.25, 0.3) is 0 Å². The van der Waals surface area contributed by atoms with Crippen molar-refractivity contribution >= 4 is 50.2 Å². The van der Waals surface area contributed by atoms with Crippen LogP contribution in [-0.2, 0) is 20.0 Å². The standard InChI is InChI=1S/C21H26Cl2O5S2/c1-21(2,19-7-8-20(29-19)27-11-4-10-22)15-5-6-18(17(23)13-15)28-14-16(24)9-12-30(3,25)26/h5-8,13H,4,9-12,14H2,1-3H3. The Balaban J connectivity index is 2.03. The van der Waals surface area contributed by atoms with E-state index in [0.29, 0.717) is 23.3 Å². The molecule has 0 unspecified atom stereocenters. The number of ketones is 1. The quantitative estimate of drug-likeness (QED) is 0.303. The summed E-state index contributed by atoms with van der Waals surface area (Å²) in [5.74, 6) is 0.482. The van der Waals surface area contributed by atoms with Gasteiger partial charge in [0.05, 0.1) is 17.4 Å². The van der Waals surface area contributed by atoms with Crippen molar-refractivity contribution in [3.63, 3.8) is 0 Å². The number of ether oxygens (including phenoxy) is 2. The Bertz CT molecular complexity index is 968. The largest absolute Gasteiger partial charge is 0.484 e. The molecule has 2 aromatic rings. The van der Waals surface area contributed by atoms with Crippen LogP contribution in [0, 0.1) is 0 Å². The van der Waals surface area contributed by atoms with Gasteiger partial charge in [0.2, 0.25) is 0 Å². The topological polar surface area (TPSA) is 69.7 Å². The van der Waals surface area contributed by atoms with E-state index in [-0.39, 0.29) is 30.0 Å². The Morgan fingerprint density at radius 1 is 1.17 bits per heavy atom. The summed E-state index contributed by atoms with van der Waals surface area (Å²) in [5.41, 5.74) is 0.698. The maximum absolute atomic E-state index is 11.8. The second kappa shape index (κ2) is 10.8. The van der Waals surface area contributed by atoms with E-state index in [1.54, 1.807) is 17.4 Å². The molecule has 1 heterocycles. The van der Waals surface area contributed by atoms with E-state index in [1.165, 1.54) is 0 Å². The lowest BCUT2D eigenvalue weighted by atomic mass is 9.83. The number of halogens is 2. The molecule has 0 spiro atoms. The van der Waals surface area contributed by atoms with E-state index in [4.69, 9.17) is 32.7 Å². The van der Waals surface area contributed by atoms with Gasteiger partial charge >= 0.3 is 0 Å². The molecule has 0 saturated carbocycles. The van der Waals surface area contributed by atoms with Crippen LogP contribution in [-0.4, -0.2) is 45.3 Å². The normalized spacial score (nSPS) is 12.0. The first kappa shape index (κ1) is 25.0. The van der Waals surface area contributed by atoms with E-state index in [1.807, 2.05) is 24.3 Å². The lowest BCUT2D eigenvalue weighted by molar-refractivity contribution is -0.120. The van der Waals surface area contributed by atoms with E-state index >= 15 is 0 Å². The average Bonchev–Trinajstić information content (AvgIpc) is 3.15. The number of carbonyl (C=O) groups excluding carboxylic acids is 1. The molecule has 166 valence electrons. The minimum atomic E-state index is -3.18. The molecule has 0 aliphatic heterocycles. The second-order valence-electron chi connectivity index (χ2n) is 7.49. The van der Waals surface area contributed by atoms with Crippen LogP contribution in [0.5, 0.6) is 10.8 Å². The van der Waals surface area contributed by atoms with Crippen molar-refractivity contribution in [2.75, 3.05) is 31.1 Å². The Hall–Kier alpha value is -1.28. The van der Waals surface area contributed by atoms with Crippen LogP contribution in [0.4, 0.5) is 0 Å². The van der Waals surface area contributed by atoms with Gasteiger partial charge in [-0.05, 0) is 36.2 Å². The summed E-state index contributed by atoms with van der Waals surface area (Å²) in [6.45, 7) is 4.57. The zero-order chi connectivity index (χ0) is 22.4. The summed E-state index contributed by atoms with van der Waals surface area (Å²) < 4.78 is 33.5. The van der Waals surface area contributed by atoms with Crippen molar-refractivity contribution in [3.05, 3.63) is 45.8 Å². The smallest absolute Gasteiger partial charge is 0.174 e. The van der Waals surface area contributed by atoms with E-state index in [0.717, 1.165) is 28.2 Å². The van der Waals surface area contributed by atoms with Crippen molar-refractivity contribution in [1.82, 2.24) is 0 Å². The molecule has 0 saturated heterocycles. The van der Waals surface area contributed by atoms with Crippen LogP contribution < -0.4 is 9.47 Å². The first-order valence-electron chi connectivity index (χ1n) is 9.44. The Morgan fingerprint density at radius 2 is 1.90 bits per heavy atom. The maximum atomic E-state index is 11.8. The van der Waals surface area contributed by atoms with Crippen molar-refractivity contribution in [2.45, 2.75) is 32.1 Å². The monoisotopic (exact) mass is 492 g/mol. The Morgan fingerprint density at radius 3 is 2.53 bits per heavy atom. The molecular formula is C21H26Cl2O5S2. The summed E-state index contributed by atoms with van der Waals surface area (Å²) in [6.07, 6.45) is 1.82. The number of rotatable bonds is 12. The SMILES string of the molecule is CC(C)(c1ccc(OCC(=O)CCS(C)(=O)=O)c(Cl)c1)c1ccc(OCCCCl)s1. The molecule has 0 aliphatic carbocycles. The van der Waals surface area contributed by atoms with E-state index in [9.17, 15) is 13.2 Å². The molecule has 30 heavy (non-hydrogen) atoms. The van der Waals surface area contributed by atoms with Crippen LogP contribution in [0.3, 0.4) is 0 Å². The minimum absolute atomic E-state index is 0.0742. The van der Waals surface area contributed by atoms with Crippen LogP contribution in [0.25, 0.3) is 0 Å². The van der Waals surface area contributed by atoms with Gasteiger partial charge in [-0.25, -0.2) is 8.42 Å². The summed E-state index contributed by atoms with van der Waals surface area (Å²) in [7, 11) is -3.18. The summed E-state index contributed by atoms with van der Waals surface area (Å²) in [6, 6.07) is 9.47. The predicted octanol–water partition coefficient (Wildman–Crippen LogP) is 5.12. The average molecular weight is 493 g/mol. The highest BCUT2D eigenvalue weighted by molar-refractivity contribution is 7.90. The third kappa shape index (κ3) is 7.45. The minimum Gasteiger partial charge on any atom is -0.484 e. The van der Waals surface area contributed by atoms with Gasteiger partial charge in [-0.15, -0.1) is 22.9 Å². The molecule has 1 aromatic heterocycles. The molecule has 9 heteroatoms. The number of thiophene rings is 1. The fraction of sp³-hybridized carbons (Fsp3) is 0.476. The Labute approximate surface area is 192 Å². The van der Waals surface area contributed by atoms with Gasteiger partial charge in [-0.3, -0.25) is 4.79 Å². The molecule has 0 amide bonds. The molecule has 0 aliphatic rings. The number of benzene rings is 1. The van der Waals surface area contributed by atoms with Gasteiger partial charge in [-0.1, -0.05) is 31.5 Å². The first-order valence-corrected chi connectivity index (χ1v) is 13.2. The number of carbonyl (C=O) groups is 1. The summed E-state index contributed by atoms with van der Waals surface area (Å²) >= 11 is 13.6. The number of hydrogen-bond donors (Lipinski definition) is 0. The molecule has 0 bridgehead atoms. The third-order valence-corrected chi connectivity index (χ3v) is 7.34. The van der Waals surface area contributed by atoms with Crippen LogP contribution in [0.1, 0.15) is 37.1 Å².